The Morgan fingerprint density at radius 3 is 2.24 bits per heavy atom. The van der Waals surface area contributed by atoms with Crippen molar-refractivity contribution in [3.05, 3.63) is 0 Å². The summed E-state index contributed by atoms with van der Waals surface area (Å²) in [5.74, 6) is 0.874. The molecule has 0 rings (SSSR count). The van der Waals surface area contributed by atoms with Crippen LogP contribution in [-0.2, 0) is 9.47 Å². The quantitative estimate of drug-likeness (QED) is 0.446. The maximum Gasteiger partial charge on any atom is 0.0700 e. The Bertz CT molecular complexity index is 137. The molecule has 104 valence electrons. The highest BCUT2D eigenvalue weighted by molar-refractivity contribution is 4.59. The van der Waals surface area contributed by atoms with Crippen molar-refractivity contribution in [3.8, 4) is 0 Å². The standard InChI is InChI=1S/C15H32O2/c1-4-6-7-8-10-15(9-5-2)11-12-17-14-13-16-3/h15H,4-14H2,1-3H3. The van der Waals surface area contributed by atoms with Crippen LogP contribution in [0.1, 0.15) is 65.2 Å². The van der Waals surface area contributed by atoms with E-state index < -0.39 is 0 Å². The molecule has 1 atom stereocenters. The zero-order chi connectivity index (χ0) is 12.8. The smallest absolute Gasteiger partial charge is 0.0700 e. The fraction of sp³-hybridized carbons (Fsp3) is 1.00. The van der Waals surface area contributed by atoms with E-state index in [2.05, 4.69) is 13.8 Å². The van der Waals surface area contributed by atoms with Gasteiger partial charge in [-0.3, -0.25) is 0 Å². The topological polar surface area (TPSA) is 18.5 Å². The number of ether oxygens (including phenoxy) is 2. The van der Waals surface area contributed by atoms with Gasteiger partial charge >= 0.3 is 0 Å². The molecule has 0 amide bonds. The molecule has 0 N–H and O–H groups in total. The summed E-state index contributed by atoms with van der Waals surface area (Å²) in [6.07, 6.45) is 10.8. The molecule has 0 radical (unpaired) electrons. The van der Waals surface area contributed by atoms with E-state index >= 15 is 0 Å². The number of unbranched alkanes of at least 4 members (excludes halogenated alkanes) is 3. The molecule has 17 heavy (non-hydrogen) atoms. The Morgan fingerprint density at radius 1 is 0.765 bits per heavy atom. The van der Waals surface area contributed by atoms with Crippen LogP contribution in [0.25, 0.3) is 0 Å². The van der Waals surface area contributed by atoms with Crippen LogP contribution in [0.15, 0.2) is 0 Å². The summed E-state index contributed by atoms with van der Waals surface area (Å²) in [6.45, 7) is 6.92. The van der Waals surface area contributed by atoms with Gasteiger partial charge in [-0.25, -0.2) is 0 Å². The fourth-order valence-corrected chi connectivity index (χ4v) is 2.20. The molecule has 0 aliphatic rings. The van der Waals surface area contributed by atoms with Crippen molar-refractivity contribution in [2.24, 2.45) is 5.92 Å². The second kappa shape index (κ2) is 14.0. The average Bonchev–Trinajstić information content (AvgIpc) is 2.34. The maximum absolute atomic E-state index is 5.55. The first-order valence-electron chi connectivity index (χ1n) is 7.41. The third kappa shape index (κ3) is 12.2. The molecule has 0 fully saturated rings. The third-order valence-corrected chi connectivity index (χ3v) is 3.27. The van der Waals surface area contributed by atoms with Gasteiger partial charge in [-0.2, -0.15) is 0 Å². The lowest BCUT2D eigenvalue weighted by Crippen LogP contribution is -2.08. The number of hydrogen-bond acceptors (Lipinski definition) is 2. The molecule has 0 aromatic rings. The molecule has 0 spiro atoms. The monoisotopic (exact) mass is 244 g/mol. The van der Waals surface area contributed by atoms with Crippen molar-refractivity contribution in [1.82, 2.24) is 0 Å². The van der Waals surface area contributed by atoms with Gasteiger partial charge in [0.15, 0.2) is 0 Å². The van der Waals surface area contributed by atoms with Gasteiger partial charge < -0.3 is 9.47 Å². The lowest BCUT2D eigenvalue weighted by atomic mass is 9.93. The van der Waals surface area contributed by atoms with Crippen LogP contribution in [0.2, 0.25) is 0 Å². The van der Waals surface area contributed by atoms with Gasteiger partial charge in [-0.1, -0.05) is 58.8 Å². The summed E-state index contributed by atoms with van der Waals surface area (Å²) in [5.41, 5.74) is 0. The van der Waals surface area contributed by atoms with Gasteiger partial charge in [-0.05, 0) is 12.3 Å². The van der Waals surface area contributed by atoms with E-state index in [-0.39, 0.29) is 0 Å². The third-order valence-electron chi connectivity index (χ3n) is 3.27. The van der Waals surface area contributed by atoms with Gasteiger partial charge in [0.05, 0.1) is 13.2 Å². The average molecular weight is 244 g/mol. The first-order valence-corrected chi connectivity index (χ1v) is 7.41. The molecule has 0 saturated heterocycles. The van der Waals surface area contributed by atoms with Crippen LogP contribution in [0.3, 0.4) is 0 Å². The predicted octanol–water partition coefficient (Wildman–Crippen LogP) is 4.43. The molecule has 0 aromatic carbocycles. The van der Waals surface area contributed by atoms with E-state index in [1.54, 1.807) is 7.11 Å². The first-order chi connectivity index (χ1) is 8.35. The van der Waals surface area contributed by atoms with Gasteiger partial charge in [0, 0.05) is 13.7 Å². The summed E-state index contributed by atoms with van der Waals surface area (Å²) in [4.78, 5) is 0. The second-order valence-corrected chi connectivity index (χ2v) is 4.90. The van der Waals surface area contributed by atoms with Crippen LogP contribution < -0.4 is 0 Å². The SMILES string of the molecule is CCCCCCC(CCC)CCOCCOC. The van der Waals surface area contributed by atoms with Crippen molar-refractivity contribution in [3.63, 3.8) is 0 Å². The molecule has 0 aliphatic carbocycles. The Balaban J connectivity index is 3.45. The minimum absolute atomic E-state index is 0.717. The van der Waals surface area contributed by atoms with E-state index in [1.807, 2.05) is 0 Å². The molecule has 0 aliphatic heterocycles. The minimum atomic E-state index is 0.717. The lowest BCUT2D eigenvalue weighted by Gasteiger charge is -2.16. The summed E-state index contributed by atoms with van der Waals surface area (Å²) < 4.78 is 10.5. The summed E-state index contributed by atoms with van der Waals surface area (Å²) in [7, 11) is 1.72. The zero-order valence-electron chi connectivity index (χ0n) is 12.2. The van der Waals surface area contributed by atoms with Crippen LogP contribution in [-0.4, -0.2) is 26.9 Å². The van der Waals surface area contributed by atoms with Crippen molar-refractivity contribution in [2.45, 2.75) is 65.2 Å². The molecule has 0 heterocycles. The molecule has 2 nitrogen and oxygen atoms in total. The van der Waals surface area contributed by atoms with Gasteiger partial charge in [-0.15, -0.1) is 0 Å². The highest BCUT2D eigenvalue weighted by Gasteiger charge is 2.07. The highest BCUT2D eigenvalue weighted by atomic mass is 16.5. The maximum atomic E-state index is 5.55. The Kier molecular flexibility index (Phi) is 13.9. The Hall–Kier alpha value is -0.0800. The van der Waals surface area contributed by atoms with E-state index in [1.165, 1.54) is 51.4 Å². The summed E-state index contributed by atoms with van der Waals surface area (Å²) in [5, 5.41) is 0. The van der Waals surface area contributed by atoms with Gasteiger partial charge in [0.25, 0.3) is 0 Å². The first kappa shape index (κ1) is 16.9. The highest BCUT2D eigenvalue weighted by Crippen LogP contribution is 2.19. The van der Waals surface area contributed by atoms with Gasteiger partial charge in [0.1, 0.15) is 0 Å². The summed E-state index contributed by atoms with van der Waals surface area (Å²) in [6, 6.07) is 0. The molecule has 2 heteroatoms. The molecular formula is C15H32O2. The van der Waals surface area contributed by atoms with Crippen LogP contribution in [0.4, 0.5) is 0 Å². The van der Waals surface area contributed by atoms with Crippen molar-refractivity contribution < 1.29 is 9.47 Å². The van der Waals surface area contributed by atoms with E-state index in [0.717, 1.165) is 25.7 Å². The Labute approximate surface area is 108 Å². The molecular weight excluding hydrogens is 212 g/mol. The zero-order valence-corrected chi connectivity index (χ0v) is 12.2. The second-order valence-electron chi connectivity index (χ2n) is 4.90. The van der Waals surface area contributed by atoms with Gasteiger partial charge in [0.2, 0.25) is 0 Å². The summed E-state index contributed by atoms with van der Waals surface area (Å²) >= 11 is 0. The van der Waals surface area contributed by atoms with Crippen LogP contribution in [0.5, 0.6) is 0 Å². The predicted molar refractivity (Wildman–Crippen MR) is 74.5 cm³/mol. The van der Waals surface area contributed by atoms with Crippen LogP contribution >= 0.6 is 0 Å². The molecule has 0 aromatic heterocycles. The molecule has 1 unspecified atom stereocenters. The normalized spacial score (nSPS) is 12.9. The molecule has 0 bridgehead atoms. The van der Waals surface area contributed by atoms with E-state index in [4.69, 9.17) is 9.47 Å². The largest absolute Gasteiger partial charge is 0.382 e. The minimum Gasteiger partial charge on any atom is -0.382 e. The molecule has 0 saturated carbocycles. The van der Waals surface area contributed by atoms with E-state index in [0.29, 0.717) is 0 Å². The van der Waals surface area contributed by atoms with Crippen molar-refractivity contribution >= 4 is 0 Å². The number of methoxy groups -OCH3 is 1. The Morgan fingerprint density at radius 2 is 1.59 bits per heavy atom. The number of rotatable bonds is 13. The van der Waals surface area contributed by atoms with E-state index in [9.17, 15) is 0 Å². The lowest BCUT2D eigenvalue weighted by molar-refractivity contribution is 0.0624. The van der Waals surface area contributed by atoms with Crippen molar-refractivity contribution in [2.75, 3.05) is 26.9 Å². The fourth-order valence-electron chi connectivity index (χ4n) is 2.20. The van der Waals surface area contributed by atoms with Crippen molar-refractivity contribution in [1.29, 1.82) is 0 Å². The van der Waals surface area contributed by atoms with Crippen LogP contribution in [0, 0.1) is 5.92 Å². The number of hydrogen-bond donors (Lipinski definition) is 0.